The fourth-order valence-electron chi connectivity index (χ4n) is 4.28. The Morgan fingerprint density at radius 2 is 1.88 bits per heavy atom. The molecular formula is C22H18N6O5. The maximum atomic E-state index is 12.9. The fraction of sp³-hybridized carbons (Fsp3) is 0.227. The average Bonchev–Trinajstić information content (AvgIpc) is 3.33. The molecule has 3 heterocycles. The number of aromatic nitrogens is 3. The number of amides is 3. The summed E-state index contributed by atoms with van der Waals surface area (Å²) >= 11 is 0. The summed E-state index contributed by atoms with van der Waals surface area (Å²) in [6.07, 6.45) is 0.507. The van der Waals surface area contributed by atoms with Gasteiger partial charge in [-0.15, -0.1) is 5.10 Å². The topological polar surface area (TPSA) is 140 Å². The van der Waals surface area contributed by atoms with Crippen molar-refractivity contribution >= 4 is 23.4 Å². The van der Waals surface area contributed by atoms with Gasteiger partial charge in [0.25, 0.3) is 11.6 Å². The number of piperidine rings is 1. The zero-order valence-corrected chi connectivity index (χ0v) is 17.5. The highest BCUT2D eigenvalue weighted by Crippen LogP contribution is 2.32. The van der Waals surface area contributed by atoms with Crippen LogP contribution >= 0.6 is 0 Å². The van der Waals surface area contributed by atoms with Gasteiger partial charge in [0.1, 0.15) is 11.7 Å². The number of non-ortho nitro benzene ring substituents is 1. The number of rotatable bonds is 4. The van der Waals surface area contributed by atoms with Gasteiger partial charge in [0.05, 0.1) is 16.3 Å². The maximum absolute atomic E-state index is 12.9. The van der Waals surface area contributed by atoms with E-state index in [0.29, 0.717) is 23.4 Å². The van der Waals surface area contributed by atoms with Gasteiger partial charge in [0, 0.05) is 36.2 Å². The van der Waals surface area contributed by atoms with E-state index in [1.54, 1.807) is 28.9 Å². The molecule has 166 valence electrons. The monoisotopic (exact) mass is 446 g/mol. The zero-order chi connectivity index (χ0) is 23.3. The fourth-order valence-corrected chi connectivity index (χ4v) is 4.28. The Morgan fingerprint density at radius 1 is 1.12 bits per heavy atom. The molecule has 1 fully saturated rings. The summed E-state index contributed by atoms with van der Waals surface area (Å²) in [5.41, 5.74) is 4.02. The average molecular weight is 446 g/mol. The molecule has 33 heavy (non-hydrogen) atoms. The Balaban J connectivity index is 1.42. The Morgan fingerprint density at radius 3 is 2.58 bits per heavy atom. The molecule has 11 nitrogen and oxygen atoms in total. The Kier molecular flexibility index (Phi) is 4.73. The summed E-state index contributed by atoms with van der Waals surface area (Å²) in [7, 11) is 0. The molecule has 1 unspecified atom stereocenters. The van der Waals surface area contributed by atoms with Crippen molar-refractivity contribution < 1.29 is 19.3 Å². The molecule has 3 amide bonds. The molecule has 1 saturated heterocycles. The molecule has 3 aromatic rings. The largest absolute Gasteiger partial charge is 0.322 e. The third kappa shape index (κ3) is 3.43. The number of nitrogens with zero attached hydrogens (tertiary/aromatic N) is 5. The van der Waals surface area contributed by atoms with E-state index < -0.39 is 16.9 Å². The smallest absolute Gasteiger partial charge is 0.269 e. The van der Waals surface area contributed by atoms with E-state index in [1.165, 1.54) is 17.0 Å². The number of carbonyl (C=O) groups is 3. The van der Waals surface area contributed by atoms with Gasteiger partial charge in [-0.25, -0.2) is 4.68 Å². The van der Waals surface area contributed by atoms with Crippen molar-refractivity contribution in [3.05, 3.63) is 69.4 Å². The molecule has 0 aliphatic carbocycles. The van der Waals surface area contributed by atoms with E-state index >= 15 is 0 Å². The van der Waals surface area contributed by atoms with Gasteiger partial charge < -0.3 is 4.90 Å². The van der Waals surface area contributed by atoms with Gasteiger partial charge in [-0.3, -0.25) is 29.8 Å². The van der Waals surface area contributed by atoms with Gasteiger partial charge in [0.15, 0.2) is 0 Å². The van der Waals surface area contributed by atoms with Crippen molar-refractivity contribution in [2.24, 2.45) is 0 Å². The minimum absolute atomic E-state index is 0.0133. The first-order valence-electron chi connectivity index (χ1n) is 10.3. The van der Waals surface area contributed by atoms with Crippen molar-refractivity contribution in [2.45, 2.75) is 32.4 Å². The molecule has 5 rings (SSSR count). The predicted octanol–water partition coefficient (Wildman–Crippen LogP) is 1.91. The first-order chi connectivity index (χ1) is 15.8. The number of hydrogen-bond donors (Lipinski definition) is 1. The molecule has 2 aromatic carbocycles. The predicted molar refractivity (Wildman–Crippen MR) is 114 cm³/mol. The van der Waals surface area contributed by atoms with Gasteiger partial charge in [0.2, 0.25) is 11.8 Å². The Labute approximate surface area is 187 Å². The van der Waals surface area contributed by atoms with Crippen molar-refractivity contribution in [3.8, 4) is 16.9 Å². The first kappa shape index (κ1) is 20.5. The minimum atomic E-state index is -0.671. The standard InChI is InChI=1S/C22H18N6O5/c1-12-20(24-25-27(12)15-3-5-16(6-4-15)28(32)33)13-2-7-17-14(10-13)11-26(22(17)31)18-8-9-19(29)23-21(18)30/h2-7,10,18H,8-9,11H2,1H3,(H,23,29,30). The maximum Gasteiger partial charge on any atom is 0.269 e. The summed E-state index contributed by atoms with van der Waals surface area (Å²) in [6, 6.07) is 10.7. The first-order valence-corrected chi connectivity index (χ1v) is 10.3. The van der Waals surface area contributed by atoms with Crippen LogP contribution in [0.2, 0.25) is 0 Å². The minimum Gasteiger partial charge on any atom is -0.322 e. The van der Waals surface area contributed by atoms with E-state index in [0.717, 1.165) is 16.8 Å². The molecule has 1 aromatic heterocycles. The highest BCUT2D eigenvalue weighted by atomic mass is 16.6. The number of nitro benzene ring substituents is 1. The number of imide groups is 1. The highest BCUT2D eigenvalue weighted by molar-refractivity contribution is 6.05. The van der Waals surface area contributed by atoms with Crippen LogP contribution in [-0.4, -0.2) is 48.6 Å². The van der Waals surface area contributed by atoms with Gasteiger partial charge in [-0.1, -0.05) is 11.3 Å². The van der Waals surface area contributed by atoms with Gasteiger partial charge in [-0.05, 0) is 43.2 Å². The number of nitro groups is 1. The molecule has 2 aliphatic rings. The molecule has 2 aliphatic heterocycles. The summed E-state index contributed by atoms with van der Waals surface area (Å²) < 4.78 is 1.59. The second kappa shape index (κ2) is 7.62. The van der Waals surface area contributed by atoms with Crippen molar-refractivity contribution in [1.29, 1.82) is 0 Å². The highest BCUT2D eigenvalue weighted by Gasteiger charge is 2.39. The second-order valence-electron chi connectivity index (χ2n) is 7.98. The number of nitrogens with one attached hydrogen (secondary N) is 1. The Hall–Kier alpha value is -4.41. The van der Waals surface area contributed by atoms with Crippen molar-refractivity contribution in [1.82, 2.24) is 25.2 Å². The zero-order valence-electron chi connectivity index (χ0n) is 17.5. The molecule has 1 N–H and O–H groups in total. The summed E-state index contributed by atoms with van der Waals surface area (Å²) in [5, 5.41) is 21.6. The van der Waals surface area contributed by atoms with Crippen LogP contribution < -0.4 is 5.32 Å². The third-order valence-electron chi connectivity index (χ3n) is 6.00. The summed E-state index contributed by atoms with van der Waals surface area (Å²) in [4.78, 5) is 48.5. The van der Waals surface area contributed by atoms with Crippen LogP contribution in [-0.2, 0) is 16.1 Å². The SMILES string of the molecule is Cc1c(-c2ccc3c(c2)CN(C2CCC(=O)NC2=O)C3=O)nnn1-c1ccc([N+](=O)[O-])cc1. The van der Waals surface area contributed by atoms with Crippen molar-refractivity contribution in [2.75, 3.05) is 0 Å². The van der Waals surface area contributed by atoms with E-state index in [4.69, 9.17) is 0 Å². The van der Waals surface area contributed by atoms with Crippen LogP contribution in [0, 0.1) is 17.0 Å². The van der Waals surface area contributed by atoms with Gasteiger partial charge >= 0.3 is 0 Å². The lowest BCUT2D eigenvalue weighted by molar-refractivity contribution is -0.384. The second-order valence-corrected chi connectivity index (χ2v) is 7.98. The normalized spacial score (nSPS) is 17.8. The van der Waals surface area contributed by atoms with Crippen LogP contribution in [0.5, 0.6) is 0 Å². The Bertz CT molecular complexity index is 1330. The lowest BCUT2D eigenvalue weighted by atomic mass is 10.0. The van der Waals surface area contributed by atoms with Crippen molar-refractivity contribution in [3.63, 3.8) is 0 Å². The van der Waals surface area contributed by atoms with E-state index in [2.05, 4.69) is 15.6 Å². The molecule has 0 saturated carbocycles. The van der Waals surface area contributed by atoms with E-state index in [1.807, 2.05) is 13.0 Å². The van der Waals surface area contributed by atoms with E-state index in [-0.39, 0.29) is 30.5 Å². The number of hydrogen-bond acceptors (Lipinski definition) is 7. The third-order valence-corrected chi connectivity index (χ3v) is 6.00. The lowest BCUT2D eigenvalue weighted by Gasteiger charge is -2.29. The molecule has 1 atom stereocenters. The van der Waals surface area contributed by atoms with Crippen LogP contribution in [0.25, 0.3) is 16.9 Å². The quantitative estimate of drug-likeness (QED) is 0.367. The summed E-state index contributed by atoms with van der Waals surface area (Å²) in [5.74, 6) is -1.01. The molecule has 11 heteroatoms. The lowest BCUT2D eigenvalue weighted by Crippen LogP contribution is -2.52. The number of carbonyl (C=O) groups excluding carboxylic acids is 3. The van der Waals surface area contributed by atoms with Crippen LogP contribution in [0.15, 0.2) is 42.5 Å². The van der Waals surface area contributed by atoms with E-state index in [9.17, 15) is 24.5 Å². The molecular weight excluding hydrogens is 428 g/mol. The van der Waals surface area contributed by atoms with Crippen LogP contribution in [0.3, 0.4) is 0 Å². The molecule has 0 bridgehead atoms. The van der Waals surface area contributed by atoms with Crippen LogP contribution in [0.1, 0.15) is 34.5 Å². The molecule has 0 spiro atoms. The number of benzene rings is 2. The van der Waals surface area contributed by atoms with Gasteiger partial charge in [-0.2, -0.15) is 0 Å². The molecule has 0 radical (unpaired) electrons. The van der Waals surface area contributed by atoms with Crippen LogP contribution in [0.4, 0.5) is 5.69 Å². The number of fused-ring (bicyclic) bond motifs is 1. The summed E-state index contributed by atoms with van der Waals surface area (Å²) in [6.45, 7) is 2.11.